The summed E-state index contributed by atoms with van der Waals surface area (Å²) in [5.74, 6) is 1.09. The summed E-state index contributed by atoms with van der Waals surface area (Å²) in [5, 5.41) is 3.99. The number of hydrogen-bond acceptors (Lipinski definition) is 4. The highest BCUT2D eigenvalue weighted by atomic mass is 16.5. The molecule has 0 fully saturated rings. The first-order valence-electron chi connectivity index (χ1n) is 6.82. The lowest BCUT2D eigenvalue weighted by Crippen LogP contribution is -2.38. The number of para-hydroxylation sites is 1. The first-order chi connectivity index (χ1) is 9.61. The van der Waals surface area contributed by atoms with E-state index < -0.39 is 0 Å². The number of methoxy groups -OCH3 is 1. The van der Waals surface area contributed by atoms with Crippen molar-refractivity contribution in [3.8, 4) is 0 Å². The fourth-order valence-corrected chi connectivity index (χ4v) is 2.11. The van der Waals surface area contributed by atoms with Gasteiger partial charge in [-0.3, -0.25) is 4.79 Å². The average Bonchev–Trinajstić information content (AvgIpc) is 2.43. The summed E-state index contributed by atoms with van der Waals surface area (Å²) < 4.78 is 5.19. The SMILES string of the molecule is COCC(NCc1nc2ccccc2c(=O)[nH]1)C(C)C. The molecular weight excluding hydrogens is 254 g/mol. The van der Waals surface area contributed by atoms with Crippen LogP contribution in [0.25, 0.3) is 10.9 Å². The molecule has 0 spiro atoms. The van der Waals surface area contributed by atoms with Crippen LogP contribution in [-0.2, 0) is 11.3 Å². The summed E-state index contributed by atoms with van der Waals surface area (Å²) in [7, 11) is 1.69. The molecule has 1 aromatic heterocycles. The monoisotopic (exact) mass is 275 g/mol. The zero-order valence-corrected chi connectivity index (χ0v) is 12.1. The second-order valence-corrected chi connectivity index (χ2v) is 5.22. The summed E-state index contributed by atoms with van der Waals surface area (Å²) in [6.45, 7) is 5.42. The largest absolute Gasteiger partial charge is 0.383 e. The Hall–Kier alpha value is -1.72. The number of fused-ring (bicyclic) bond motifs is 1. The number of ether oxygens (including phenoxy) is 1. The first-order valence-corrected chi connectivity index (χ1v) is 6.82. The van der Waals surface area contributed by atoms with Gasteiger partial charge in [-0.2, -0.15) is 0 Å². The molecular formula is C15H21N3O2. The standard InChI is InChI=1S/C15H21N3O2/c1-10(2)13(9-20-3)16-8-14-17-12-7-5-4-6-11(12)15(19)18-14/h4-7,10,13,16H,8-9H2,1-3H3,(H,17,18,19). The molecule has 1 heterocycles. The van der Waals surface area contributed by atoms with E-state index in [1.165, 1.54) is 0 Å². The molecule has 1 aromatic carbocycles. The van der Waals surface area contributed by atoms with Crippen LogP contribution >= 0.6 is 0 Å². The van der Waals surface area contributed by atoms with Crippen molar-refractivity contribution in [2.24, 2.45) is 5.92 Å². The van der Waals surface area contributed by atoms with Crippen molar-refractivity contribution in [3.63, 3.8) is 0 Å². The van der Waals surface area contributed by atoms with Crippen molar-refractivity contribution >= 4 is 10.9 Å². The lowest BCUT2D eigenvalue weighted by atomic mass is 10.1. The highest BCUT2D eigenvalue weighted by Crippen LogP contribution is 2.07. The fourth-order valence-electron chi connectivity index (χ4n) is 2.11. The van der Waals surface area contributed by atoms with Crippen molar-refractivity contribution in [1.29, 1.82) is 0 Å². The first kappa shape index (κ1) is 14.7. The summed E-state index contributed by atoms with van der Waals surface area (Å²) in [6, 6.07) is 7.58. The van der Waals surface area contributed by atoms with Crippen LogP contribution in [0.2, 0.25) is 0 Å². The Kier molecular flexibility index (Phi) is 4.87. The highest BCUT2D eigenvalue weighted by molar-refractivity contribution is 5.77. The molecule has 0 aliphatic carbocycles. The van der Waals surface area contributed by atoms with Crippen molar-refractivity contribution < 1.29 is 4.74 Å². The number of rotatable bonds is 6. The summed E-state index contributed by atoms with van der Waals surface area (Å²) >= 11 is 0. The van der Waals surface area contributed by atoms with Gasteiger partial charge in [0.05, 0.1) is 24.1 Å². The highest BCUT2D eigenvalue weighted by Gasteiger charge is 2.13. The smallest absolute Gasteiger partial charge is 0.258 e. The van der Waals surface area contributed by atoms with Crippen molar-refractivity contribution in [2.45, 2.75) is 26.4 Å². The fraction of sp³-hybridized carbons (Fsp3) is 0.467. The number of benzene rings is 1. The third-order valence-electron chi connectivity index (χ3n) is 3.34. The van der Waals surface area contributed by atoms with Crippen LogP contribution in [0.5, 0.6) is 0 Å². The number of hydrogen-bond donors (Lipinski definition) is 2. The van der Waals surface area contributed by atoms with Crippen molar-refractivity contribution in [1.82, 2.24) is 15.3 Å². The molecule has 1 unspecified atom stereocenters. The van der Waals surface area contributed by atoms with Gasteiger partial charge in [-0.25, -0.2) is 4.98 Å². The Bertz CT molecular complexity index is 622. The molecule has 0 aliphatic heterocycles. The van der Waals surface area contributed by atoms with Crippen molar-refractivity contribution in [3.05, 3.63) is 40.4 Å². The lowest BCUT2D eigenvalue weighted by molar-refractivity contribution is 0.146. The maximum atomic E-state index is 12.0. The van der Waals surface area contributed by atoms with Gasteiger partial charge in [-0.1, -0.05) is 26.0 Å². The van der Waals surface area contributed by atoms with Gasteiger partial charge >= 0.3 is 0 Å². The topological polar surface area (TPSA) is 67.0 Å². The van der Waals surface area contributed by atoms with Gasteiger partial charge in [0.25, 0.3) is 5.56 Å². The molecule has 2 rings (SSSR count). The Balaban J connectivity index is 2.15. The summed E-state index contributed by atoms with van der Waals surface area (Å²) in [4.78, 5) is 19.2. The maximum Gasteiger partial charge on any atom is 0.258 e. The number of aromatic nitrogens is 2. The minimum Gasteiger partial charge on any atom is -0.383 e. The Morgan fingerprint density at radius 3 is 2.80 bits per heavy atom. The summed E-state index contributed by atoms with van der Waals surface area (Å²) in [5.41, 5.74) is 0.626. The third kappa shape index (κ3) is 3.43. The number of nitrogens with zero attached hydrogens (tertiary/aromatic N) is 1. The Morgan fingerprint density at radius 1 is 1.35 bits per heavy atom. The van der Waals surface area contributed by atoms with E-state index in [0.29, 0.717) is 30.3 Å². The number of aromatic amines is 1. The van der Waals surface area contributed by atoms with Gasteiger partial charge < -0.3 is 15.0 Å². The minimum absolute atomic E-state index is 0.0970. The van der Waals surface area contributed by atoms with Gasteiger partial charge in [-0.15, -0.1) is 0 Å². The molecule has 5 heteroatoms. The van der Waals surface area contributed by atoms with E-state index in [9.17, 15) is 4.79 Å². The van der Waals surface area contributed by atoms with Crippen LogP contribution in [0.4, 0.5) is 0 Å². The molecule has 108 valence electrons. The minimum atomic E-state index is -0.0970. The predicted octanol–water partition coefficient (Wildman–Crippen LogP) is 1.68. The van der Waals surface area contributed by atoms with Crippen LogP contribution in [0.3, 0.4) is 0 Å². The molecule has 0 radical (unpaired) electrons. The molecule has 2 aromatic rings. The van der Waals surface area contributed by atoms with E-state index >= 15 is 0 Å². The molecule has 0 aliphatic rings. The zero-order chi connectivity index (χ0) is 14.5. The normalized spacial score (nSPS) is 13.0. The second kappa shape index (κ2) is 6.63. The Labute approximate surface area is 118 Å². The van der Waals surface area contributed by atoms with Crippen LogP contribution in [0, 0.1) is 5.92 Å². The quantitative estimate of drug-likeness (QED) is 0.842. The van der Waals surface area contributed by atoms with E-state index in [0.717, 1.165) is 5.52 Å². The van der Waals surface area contributed by atoms with Crippen LogP contribution in [0.15, 0.2) is 29.1 Å². The molecule has 0 amide bonds. The average molecular weight is 275 g/mol. The van der Waals surface area contributed by atoms with E-state index in [-0.39, 0.29) is 11.6 Å². The van der Waals surface area contributed by atoms with Crippen LogP contribution < -0.4 is 10.9 Å². The van der Waals surface area contributed by atoms with E-state index in [1.54, 1.807) is 13.2 Å². The van der Waals surface area contributed by atoms with Crippen LogP contribution in [-0.4, -0.2) is 29.7 Å². The second-order valence-electron chi connectivity index (χ2n) is 5.22. The summed E-state index contributed by atoms with van der Waals surface area (Å²) in [6.07, 6.45) is 0. The molecule has 0 bridgehead atoms. The van der Waals surface area contributed by atoms with Gasteiger partial charge in [0, 0.05) is 13.2 Å². The predicted molar refractivity (Wildman–Crippen MR) is 79.7 cm³/mol. The molecule has 0 saturated heterocycles. The van der Waals surface area contributed by atoms with Crippen LogP contribution in [0.1, 0.15) is 19.7 Å². The molecule has 5 nitrogen and oxygen atoms in total. The number of H-pyrrole nitrogens is 1. The van der Waals surface area contributed by atoms with Crippen molar-refractivity contribution in [2.75, 3.05) is 13.7 Å². The zero-order valence-electron chi connectivity index (χ0n) is 12.1. The van der Waals surface area contributed by atoms with E-state index in [1.807, 2.05) is 18.2 Å². The third-order valence-corrected chi connectivity index (χ3v) is 3.34. The molecule has 1 atom stereocenters. The van der Waals surface area contributed by atoms with E-state index in [4.69, 9.17) is 4.74 Å². The van der Waals surface area contributed by atoms with Gasteiger partial charge in [0.15, 0.2) is 0 Å². The van der Waals surface area contributed by atoms with E-state index in [2.05, 4.69) is 29.1 Å². The molecule has 0 saturated carbocycles. The molecule has 20 heavy (non-hydrogen) atoms. The maximum absolute atomic E-state index is 12.0. The van der Waals surface area contributed by atoms with Gasteiger partial charge in [0.1, 0.15) is 5.82 Å². The molecule has 2 N–H and O–H groups in total. The Morgan fingerprint density at radius 2 is 2.10 bits per heavy atom. The number of nitrogens with one attached hydrogen (secondary N) is 2. The lowest BCUT2D eigenvalue weighted by Gasteiger charge is -2.21. The van der Waals surface area contributed by atoms with Gasteiger partial charge in [0.2, 0.25) is 0 Å². The van der Waals surface area contributed by atoms with Gasteiger partial charge in [-0.05, 0) is 18.1 Å².